The van der Waals surface area contributed by atoms with E-state index in [1.165, 1.54) is 28.5 Å². The molecule has 21 heavy (non-hydrogen) atoms. The van der Waals surface area contributed by atoms with Gasteiger partial charge in [-0.1, -0.05) is 35.5 Å². The van der Waals surface area contributed by atoms with Crippen LogP contribution in [0.4, 0.5) is 0 Å². The Morgan fingerprint density at radius 1 is 1.43 bits per heavy atom. The van der Waals surface area contributed by atoms with Gasteiger partial charge in [-0.15, -0.1) is 0 Å². The van der Waals surface area contributed by atoms with Crippen LogP contribution < -0.4 is 5.73 Å². The average Bonchev–Trinajstić information content (AvgIpc) is 2.44. The third kappa shape index (κ3) is 3.71. The van der Waals surface area contributed by atoms with Crippen molar-refractivity contribution in [2.45, 2.75) is 33.1 Å². The maximum Gasteiger partial charge on any atom is 0.112 e. The van der Waals surface area contributed by atoms with Gasteiger partial charge in [-0.3, -0.25) is 0 Å². The summed E-state index contributed by atoms with van der Waals surface area (Å²) in [5.74, 6) is 0. The Kier molecular flexibility index (Phi) is 4.77. The highest BCUT2D eigenvalue weighted by molar-refractivity contribution is 7.71. The molecule has 3 nitrogen and oxygen atoms in total. The Morgan fingerprint density at radius 2 is 2.19 bits per heavy atom. The van der Waals surface area contributed by atoms with Gasteiger partial charge in [0.25, 0.3) is 0 Å². The van der Waals surface area contributed by atoms with Crippen molar-refractivity contribution in [2.75, 3.05) is 0 Å². The summed E-state index contributed by atoms with van der Waals surface area (Å²) in [6.07, 6.45) is 8.59. The van der Waals surface area contributed by atoms with Gasteiger partial charge in [0, 0.05) is 17.3 Å². The van der Waals surface area contributed by atoms with Gasteiger partial charge in [0.2, 0.25) is 0 Å². The first-order chi connectivity index (χ1) is 10.0. The molecule has 108 valence electrons. The van der Waals surface area contributed by atoms with E-state index in [0.717, 1.165) is 24.8 Å². The highest BCUT2D eigenvalue weighted by Crippen LogP contribution is 2.26. The zero-order valence-corrected chi connectivity index (χ0v) is 13.2. The van der Waals surface area contributed by atoms with Crippen molar-refractivity contribution < 1.29 is 0 Å². The maximum atomic E-state index is 8.73. The molecular weight excluding hydrogens is 278 g/mol. The van der Waals surface area contributed by atoms with Crippen LogP contribution >= 0.6 is 12.2 Å². The topological polar surface area (TPSA) is 65.6 Å². The lowest BCUT2D eigenvalue weighted by Crippen LogP contribution is -2.10. The van der Waals surface area contributed by atoms with E-state index in [1.54, 1.807) is 0 Å². The smallest absolute Gasteiger partial charge is 0.112 e. The molecule has 4 heteroatoms. The van der Waals surface area contributed by atoms with Gasteiger partial charge in [0.1, 0.15) is 4.64 Å². The number of allylic oxidation sites excluding steroid dienone is 5. The fourth-order valence-electron chi connectivity index (χ4n) is 2.40. The first-order valence-electron chi connectivity index (χ1n) is 6.95. The molecule has 0 saturated heterocycles. The highest BCUT2D eigenvalue weighted by Gasteiger charge is 2.15. The Morgan fingerprint density at radius 3 is 2.86 bits per heavy atom. The largest absolute Gasteiger partial charge is 0.398 e. The van der Waals surface area contributed by atoms with Crippen molar-refractivity contribution in [2.24, 2.45) is 5.73 Å². The Balaban J connectivity index is 2.40. The van der Waals surface area contributed by atoms with E-state index in [2.05, 4.69) is 31.0 Å². The number of rotatable bonds is 2. The number of fused-ring (bicyclic) bond motifs is 1. The van der Waals surface area contributed by atoms with Crippen LogP contribution in [-0.4, -0.2) is 4.98 Å². The maximum absolute atomic E-state index is 8.73. The first kappa shape index (κ1) is 15.3. The minimum atomic E-state index is 0.418. The first-order valence-corrected chi connectivity index (χ1v) is 7.35. The van der Waals surface area contributed by atoms with Gasteiger partial charge in [-0.05, 0) is 44.7 Å². The molecule has 0 unspecified atom stereocenters. The molecule has 0 amide bonds. The van der Waals surface area contributed by atoms with Gasteiger partial charge in [0.05, 0.1) is 11.8 Å². The molecule has 1 aliphatic carbocycles. The Hall–Kier alpha value is -2.12. The zero-order valence-electron chi connectivity index (χ0n) is 12.4. The van der Waals surface area contributed by atoms with Crippen LogP contribution in [0.25, 0.3) is 5.70 Å². The van der Waals surface area contributed by atoms with Crippen LogP contribution in [0, 0.1) is 16.0 Å². The van der Waals surface area contributed by atoms with E-state index in [1.807, 2.05) is 12.1 Å². The summed E-state index contributed by atoms with van der Waals surface area (Å²) in [6, 6.07) is 3.97. The molecule has 2 rings (SSSR count). The summed E-state index contributed by atoms with van der Waals surface area (Å²) < 4.78 is 0.606. The molecule has 1 aromatic rings. The molecule has 0 aromatic carbocycles. The minimum Gasteiger partial charge on any atom is -0.398 e. The van der Waals surface area contributed by atoms with E-state index < -0.39 is 0 Å². The molecule has 0 aliphatic heterocycles. The van der Waals surface area contributed by atoms with Gasteiger partial charge in [-0.25, -0.2) is 0 Å². The summed E-state index contributed by atoms with van der Waals surface area (Å²) in [7, 11) is 0. The lowest BCUT2D eigenvalue weighted by atomic mass is 9.90. The lowest BCUT2D eigenvalue weighted by Gasteiger charge is -2.19. The fraction of sp³-hybridized carbons (Fsp3) is 0.294. The van der Waals surface area contributed by atoms with Crippen molar-refractivity contribution in [3.05, 3.63) is 56.9 Å². The van der Waals surface area contributed by atoms with Crippen molar-refractivity contribution in [3.63, 3.8) is 0 Å². The average molecular weight is 297 g/mol. The van der Waals surface area contributed by atoms with E-state index >= 15 is 0 Å². The number of hydrogen-bond donors (Lipinski definition) is 2. The number of hydrogen-bond acceptors (Lipinski definition) is 3. The van der Waals surface area contributed by atoms with Gasteiger partial charge in [-0.2, -0.15) is 5.26 Å². The van der Waals surface area contributed by atoms with E-state index in [9.17, 15) is 0 Å². The molecule has 1 heterocycles. The summed E-state index contributed by atoms with van der Waals surface area (Å²) >= 11 is 5.33. The number of nitrogens with two attached hydrogens (primary N) is 1. The summed E-state index contributed by atoms with van der Waals surface area (Å²) in [6.45, 7) is 4.19. The lowest BCUT2D eigenvalue weighted by molar-refractivity contribution is 0.798. The second-order valence-corrected chi connectivity index (χ2v) is 5.90. The second-order valence-electron chi connectivity index (χ2n) is 5.49. The number of H-pyrrole nitrogens is 1. The quantitative estimate of drug-likeness (QED) is 0.641. The summed E-state index contributed by atoms with van der Waals surface area (Å²) in [5, 5.41) is 8.73. The highest BCUT2D eigenvalue weighted by atomic mass is 32.1. The molecule has 0 fully saturated rings. The zero-order chi connectivity index (χ0) is 15.4. The van der Waals surface area contributed by atoms with Crippen LogP contribution in [-0.2, 0) is 12.8 Å². The summed E-state index contributed by atoms with van der Waals surface area (Å²) in [5.41, 5.74) is 12.2. The van der Waals surface area contributed by atoms with E-state index in [-0.39, 0.29) is 0 Å². The SMILES string of the molecule is CC(C)=C/C=C1\CCc2[nH]c(=S)c(/C(N)=C/C#N)cc2C1. The molecular formula is C17H19N3S. The van der Waals surface area contributed by atoms with Crippen molar-refractivity contribution in [3.8, 4) is 6.07 Å². The molecule has 0 bridgehead atoms. The fourth-order valence-corrected chi connectivity index (χ4v) is 2.70. The van der Waals surface area contributed by atoms with Crippen LogP contribution in [0.1, 0.15) is 37.1 Å². The number of aryl methyl sites for hydroxylation is 1. The Bertz CT molecular complexity index is 738. The van der Waals surface area contributed by atoms with Crippen LogP contribution in [0.15, 0.2) is 35.4 Å². The monoisotopic (exact) mass is 297 g/mol. The third-order valence-electron chi connectivity index (χ3n) is 3.51. The van der Waals surface area contributed by atoms with Gasteiger partial charge >= 0.3 is 0 Å². The molecule has 1 aliphatic rings. The van der Waals surface area contributed by atoms with Crippen LogP contribution in [0.3, 0.4) is 0 Å². The number of nitriles is 1. The second kappa shape index (κ2) is 6.55. The number of nitrogens with one attached hydrogen (secondary N) is 1. The number of nitrogens with zero attached hydrogens (tertiary/aromatic N) is 1. The van der Waals surface area contributed by atoms with Crippen LogP contribution in [0.5, 0.6) is 0 Å². The van der Waals surface area contributed by atoms with E-state index in [0.29, 0.717) is 10.3 Å². The predicted molar refractivity (Wildman–Crippen MR) is 88.9 cm³/mol. The van der Waals surface area contributed by atoms with E-state index in [4.69, 9.17) is 23.2 Å². The Labute approximate surface area is 130 Å². The molecule has 3 N–H and O–H groups in total. The predicted octanol–water partition coefficient (Wildman–Crippen LogP) is 3.95. The summed E-state index contributed by atoms with van der Waals surface area (Å²) in [4.78, 5) is 3.26. The van der Waals surface area contributed by atoms with Crippen LogP contribution in [0.2, 0.25) is 0 Å². The van der Waals surface area contributed by atoms with Crippen molar-refractivity contribution in [1.29, 1.82) is 5.26 Å². The standard InChI is InChI=1S/C17H19N3S/c1-11(2)3-4-12-5-6-16-13(9-12)10-14(17(21)20-16)15(19)7-8-18/h3-4,7,10H,5-6,9,19H2,1-2H3,(H,20,21)/b12-4+,15-7-. The number of aromatic nitrogens is 1. The van der Waals surface area contributed by atoms with Gasteiger partial charge in [0.15, 0.2) is 0 Å². The number of aromatic amines is 1. The third-order valence-corrected chi connectivity index (χ3v) is 3.83. The molecule has 0 saturated carbocycles. The van der Waals surface area contributed by atoms with Gasteiger partial charge < -0.3 is 10.7 Å². The van der Waals surface area contributed by atoms with Crippen molar-refractivity contribution >= 4 is 17.9 Å². The number of pyridine rings is 1. The molecule has 1 aromatic heterocycles. The van der Waals surface area contributed by atoms with Crippen molar-refractivity contribution in [1.82, 2.24) is 4.98 Å². The molecule has 0 radical (unpaired) electrons. The normalized spacial score (nSPS) is 16.2. The molecule has 0 spiro atoms. The minimum absolute atomic E-state index is 0.418. The molecule has 0 atom stereocenters.